The summed E-state index contributed by atoms with van der Waals surface area (Å²) in [6.45, 7) is 2.92. The van der Waals surface area contributed by atoms with Gasteiger partial charge in [0.2, 0.25) is 0 Å². The predicted molar refractivity (Wildman–Crippen MR) is 111 cm³/mol. The highest BCUT2D eigenvalue weighted by molar-refractivity contribution is 7.85. The zero-order valence-corrected chi connectivity index (χ0v) is 17.7. The van der Waals surface area contributed by atoms with Gasteiger partial charge in [-0.25, -0.2) is 0 Å². The molecule has 1 unspecified atom stereocenters. The Morgan fingerprint density at radius 2 is 1.90 bits per heavy atom. The summed E-state index contributed by atoms with van der Waals surface area (Å²) < 4.78 is 48.7. The first-order valence-electron chi connectivity index (χ1n) is 10.6. The Labute approximate surface area is 172 Å². The number of hydrogen-bond donors (Lipinski definition) is 1. The summed E-state index contributed by atoms with van der Waals surface area (Å²) in [5.74, 6) is 2.54. The fourth-order valence-electron chi connectivity index (χ4n) is 4.04. The molecule has 0 aliphatic heterocycles. The summed E-state index contributed by atoms with van der Waals surface area (Å²) in [5.41, 5.74) is 0.880. The van der Waals surface area contributed by atoms with Gasteiger partial charge in [0.15, 0.2) is 0 Å². The molecule has 1 atom stereocenters. The van der Waals surface area contributed by atoms with Crippen LogP contribution in [0.1, 0.15) is 57.1 Å². The molecule has 0 spiro atoms. The molecule has 1 aromatic heterocycles. The molecule has 2 aliphatic carbocycles. The van der Waals surface area contributed by atoms with Crippen molar-refractivity contribution in [3.05, 3.63) is 30.0 Å². The third-order valence-corrected chi connectivity index (χ3v) is 6.87. The van der Waals surface area contributed by atoms with E-state index in [2.05, 4.69) is 12.1 Å². The lowest BCUT2D eigenvalue weighted by atomic mass is 9.85. The highest BCUT2D eigenvalue weighted by atomic mass is 32.2. The number of hydrogen-bond acceptors (Lipinski definition) is 5. The van der Waals surface area contributed by atoms with Gasteiger partial charge < -0.3 is 13.9 Å². The zero-order chi connectivity index (χ0) is 20.4. The summed E-state index contributed by atoms with van der Waals surface area (Å²) in [4.78, 5) is 0. The number of furan rings is 1. The van der Waals surface area contributed by atoms with Crippen LogP contribution in [-0.2, 0) is 14.9 Å². The smallest absolute Gasteiger partial charge is 0.265 e. The molecule has 160 valence electrons. The van der Waals surface area contributed by atoms with Crippen LogP contribution < -0.4 is 4.74 Å². The van der Waals surface area contributed by atoms with Crippen molar-refractivity contribution >= 4 is 21.1 Å². The van der Waals surface area contributed by atoms with Crippen molar-refractivity contribution < 1.29 is 26.9 Å². The minimum absolute atomic E-state index is 0.141. The number of benzene rings is 1. The molecule has 4 rings (SSSR count). The van der Waals surface area contributed by atoms with E-state index in [4.69, 9.17) is 18.4 Å². The molecule has 1 heterocycles. The van der Waals surface area contributed by atoms with E-state index in [-0.39, 0.29) is 17.8 Å². The van der Waals surface area contributed by atoms with Crippen LogP contribution in [0, 0.1) is 11.8 Å². The molecule has 29 heavy (non-hydrogen) atoms. The molecular formula is C22H30O6S. The largest absolute Gasteiger partial charge is 0.493 e. The van der Waals surface area contributed by atoms with Crippen molar-refractivity contribution in [3.63, 3.8) is 0 Å². The molecule has 2 saturated carbocycles. The highest BCUT2D eigenvalue weighted by Crippen LogP contribution is 2.37. The van der Waals surface area contributed by atoms with E-state index in [1.807, 2.05) is 12.1 Å². The van der Waals surface area contributed by atoms with E-state index >= 15 is 0 Å². The Morgan fingerprint density at radius 1 is 1.14 bits per heavy atom. The van der Waals surface area contributed by atoms with E-state index < -0.39 is 10.1 Å². The van der Waals surface area contributed by atoms with Crippen LogP contribution in [-0.4, -0.2) is 38.0 Å². The average Bonchev–Trinajstić information content (AvgIpc) is 3.40. The zero-order valence-electron chi connectivity index (χ0n) is 16.9. The maximum Gasteiger partial charge on any atom is 0.265 e. The van der Waals surface area contributed by atoms with Crippen molar-refractivity contribution in [1.82, 2.24) is 0 Å². The molecule has 1 N–H and O–H groups in total. The van der Waals surface area contributed by atoms with Crippen molar-refractivity contribution in [2.75, 3.05) is 19.0 Å². The lowest BCUT2D eigenvalue weighted by Gasteiger charge is -2.28. The van der Waals surface area contributed by atoms with Crippen LogP contribution in [0.3, 0.4) is 0 Å². The lowest BCUT2D eigenvalue weighted by molar-refractivity contribution is 0.00960. The van der Waals surface area contributed by atoms with E-state index in [0.29, 0.717) is 12.5 Å². The number of fused-ring (bicyclic) bond motifs is 1. The Morgan fingerprint density at radius 3 is 2.59 bits per heavy atom. The first kappa shape index (κ1) is 20.7. The molecule has 1 aromatic carbocycles. The van der Waals surface area contributed by atoms with Crippen molar-refractivity contribution in [1.29, 1.82) is 0 Å². The van der Waals surface area contributed by atoms with Gasteiger partial charge in [-0.15, -0.1) is 0 Å². The third kappa shape index (κ3) is 5.96. The molecule has 7 heteroatoms. The van der Waals surface area contributed by atoms with Gasteiger partial charge in [-0.2, -0.15) is 8.42 Å². The van der Waals surface area contributed by atoms with Gasteiger partial charge in [-0.05, 0) is 68.6 Å². The molecule has 6 nitrogen and oxygen atoms in total. The molecule has 0 saturated heterocycles. The Kier molecular flexibility index (Phi) is 6.18. The van der Waals surface area contributed by atoms with Crippen molar-refractivity contribution in [2.24, 2.45) is 11.8 Å². The van der Waals surface area contributed by atoms with Crippen molar-refractivity contribution in [3.8, 4) is 5.75 Å². The van der Waals surface area contributed by atoms with Gasteiger partial charge in [0.05, 0.1) is 25.1 Å². The Hall–Kier alpha value is -1.57. The third-order valence-electron chi connectivity index (χ3n) is 5.88. The second-order valence-electron chi connectivity index (χ2n) is 8.76. The van der Waals surface area contributed by atoms with Crippen LogP contribution in [0.25, 0.3) is 11.0 Å². The standard InChI is InChI=1S/C22H30O6S/c1-15(14-29(23,24)25)12-26-19-7-4-17(5-8-19)21-10-18-6-9-20(11-22(18)28-21)27-13-16-2-3-16/h6,9-11,15-17,19H,2-5,7-8,12-14H2,1H3,(H,23,24,25). The van der Waals surface area contributed by atoms with E-state index in [1.165, 1.54) is 12.8 Å². The predicted octanol–water partition coefficient (Wildman–Crippen LogP) is 4.79. The first-order chi connectivity index (χ1) is 13.9. The molecule has 2 fully saturated rings. The second-order valence-corrected chi connectivity index (χ2v) is 10.3. The fraction of sp³-hybridized carbons (Fsp3) is 0.636. The normalized spacial score (nSPS) is 23.9. The Balaban J connectivity index is 1.28. The average molecular weight is 423 g/mol. The molecule has 2 aliphatic rings. The summed E-state index contributed by atoms with van der Waals surface area (Å²) in [7, 11) is -3.94. The molecule has 2 aromatic rings. The summed E-state index contributed by atoms with van der Waals surface area (Å²) >= 11 is 0. The SMILES string of the molecule is CC(COC1CCC(c2cc3ccc(OCC4CC4)cc3o2)CC1)CS(=O)(=O)O. The number of rotatable bonds is 9. The highest BCUT2D eigenvalue weighted by Gasteiger charge is 2.26. The first-order valence-corrected chi connectivity index (χ1v) is 12.2. The monoisotopic (exact) mass is 422 g/mol. The summed E-state index contributed by atoms with van der Waals surface area (Å²) in [5, 5.41) is 1.11. The molecule has 0 amide bonds. The number of ether oxygens (including phenoxy) is 2. The summed E-state index contributed by atoms with van der Waals surface area (Å²) in [6.07, 6.45) is 6.52. The Bertz CT molecular complexity index is 922. The van der Waals surface area contributed by atoms with Gasteiger partial charge in [-0.3, -0.25) is 4.55 Å². The lowest BCUT2D eigenvalue weighted by Crippen LogP contribution is -2.25. The van der Waals surface area contributed by atoms with Gasteiger partial charge in [0.25, 0.3) is 10.1 Å². The van der Waals surface area contributed by atoms with E-state index in [9.17, 15) is 8.42 Å². The van der Waals surface area contributed by atoms with Gasteiger partial charge in [0, 0.05) is 17.4 Å². The van der Waals surface area contributed by atoms with Crippen LogP contribution in [0.5, 0.6) is 5.75 Å². The second kappa shape index (κ2) is 8.66. The molecule has 0 radical (unpaired) electrons. The minimum atomic E-state index is -3.94. The molecular weight excluding hydrogens is 392 g/mol. The van der Waals surface area contributed by atoms with Gasteiger partial charge in [-0.1, -0.05) is 6.92 Å². The summed E-state index contributed by atoms with van der Waals surface area (Å²) in [6, 6.07) is 8.21. The topological polar surface area (TPSA) is 86.0 Å². The van der Waals surface area contributed by atoms with Crippen molar-refractivity contribution in [2.45, 2.75) is 57.5 Å². The quantitative estimate of drug-likeness (QED) is 0.585. The fourth-order valence-corrected chi connectivity index (χ4v) is 4.86. The van der Waals surface area contributed by atoms with E-state index in [1.54, 1.807) is 6.92 Å². The van der Waals surface area contributed by atoms with Crippen LogP contribution in [0.2, 0.25) is 0 Å². The minimum Gasteiger partial charge on any atom is -0.493 e. The molecule has 0 bridgehead atoms. The van der Waals surface area contributed by atoms with Crippen LogP contribution in [0.4, 0.5) is 0 Å². The van der Waals surface area contributed by atoms with Gasteiger partial charge in [0.1, 0.15) is 17.1 Å². The van der Waals surface area contributed by atoms with Gasteiger partial charge >= 0.3 is 0 Å². The van der Waals surface area contributed by atoms with E-state index in [0.717, 1.165) is 60.7 Å². The van der Waals surface area contributed by atoms with Crippen LogP contribution >= 0.6 is 0 Å². The van der Waals surface area contributed by atoms with Crippen LogP contribution in [0.15, 0.2) is 28.7 Å². The maximum atomic E-state index is 10.9. The maximum absolute atomic E-state index is 10.9.